The van der Waals surface area contributed by atoms with Crippen molar-refractivity contribution in [2.75, 3.05) is 0 Å². The van der Waals surface area contributed by atoms with Crippen LogP contribution >= 0.6 is 0 Å². The van der Waals surface area contributed by atoms with E-state index in [1.165, 1.54) is 24.3 Å². The molecule has 0 bridgehead atoms. The number of benzene rings is 1. The minimum atomic E-state index is -2.50. The Kier molecular flexibility index (Phi) is 2.32. The van der Waals surface area contributed by atoms with Gasteiger partial charge in [0, 0.05) is 11.1 Å². The molecule has 0 spiro atoms. The van der Waals surface area contributed by atoms with Crippen LogP contribution in [0.15, 0.2) is 33.6 Å². The number of aromatic amines is 1. The molecule has 0 aliphatic carbocycles. The fraction of sp³-hybridized carbons (Fsp3) is 0.111. The zero-order valence-electron chi connectivity index (χ0n) is 7.41. The maximum absolute atomic E-state index is 12.2. The highest BCUT2D eigenvalue weighted by atomic mass is 19.3. The zero-order valence-corrected chi connectivity index (χ0v) is 7.41. The lowest BCUT2D eigenvalue weighted by Crippen LogP contribution is -1.94. The molecule has 0 aliphatic heterocycles. The maximum atomic E-state index is 12.2. The number of aromatic nitrogens is 2. The molecule has 0 amide bonds. The first-order valence-corrected chi connectivity index (χ1v) is 4.11. The Morgan fingerprint density at radius 3 is 2.40 bits per heavy atom. The van der Waals surface area contributed by atoms with Crippen LogP contribution in [0.25, 0.3) is 11.4 Å². The van der Waals surface area contributed by atoms with Gasteiger partial charge in [0.05, 0.1) is 0 Å². The lowest BCUT2D eigenvalue weighted by Gasteiger charge is -1.99. The van der Waals surface area contributed by atoms with Crippen molar-refractivity contribution in [2.24, 2.45) is 0 Å². The van der Waals surface area contributed by atoms with Crippen LogP contribution in [0, 0.1) is 0 Å². The van der Waals surface area contributed by atoms with Crippen molar-refractivity contribution in [2.45, 2.75) is 6.43 Å². The van der Waals surface area contributed by atoms with E-state index in [-0.39, 0.29) is 11.4 Å². The fourth-order valence-corrected chi connectivity index (χ4v) is 1.14. The molecule has 0 fully saturated rings. The number of nitrogens with one attached hydrogen (secondary N) is 1. The van der Waals surface area contributed by atoms with Gasteiger partial charge in [0.15, 0.2) is 5.82 Å². The Morgan fingerprint density at radius 2 is 1.93 bits per heavy atom. The van der Waals surface area contributed by atoms with Gasteiger partial charge in [-0.05, 0) is 0 Å². The molecule has 6 heteroatoms. The predicted octanol–water partition coefficient (Wildman–Crippen LogP) is 1.97. The van der Waals surface area contributed by atoms with E-state index < -0.39 is 12.2 Å². The third-order valence-corrected chi connectivity index (χ3v) is 1.88. The first-order valence-electron chi connectivity index (χ1n) is 4.11. The van der Waals surface area contributed by atoms with Gasteiger partial charge in [-0.25, -0.2) is 13.6 Å². The third kappa shape index (κ3) is 1.93. The van der Waals surface area contributed by atoms with E-state index in [2.05, 4.69) is 14.7 Å². The number of hydrogen-bond acceptors (Lipinski definition) is 3. The molecule has 0 radical (unpaired) electrons. The SMILES string of the molecule is O=c1[nH]c(-c2ccc(C(F)F)cc2)no1. The summed E-state index contributed by atoms with van der Waals surface area (Å²) < 4.78 is 28.7. The Labute approximate surface area is 82.5 Å². The normalized spacial score (nSPS) is 10.9. The zero-order chi connectivity index (χ0) is 10.8. The van der Waals surface area contributed by atoms with E-state index in [1.807, 2.05) is 0 Å². The number of H-pyrrole nitrogens is 1. The molecule has 78 valence electrons. The number of halogens is 2. The highest BCUT2D eigenvalue weighted by Crippen LogP contribution is 2.21. The Morgan fingerprint density at radius 1 is 1.27 bits per heavy atom. The summed E-state index contributed by atoms with van der Waals surface area (Å²) >= 11 is 0. The Balaban J connectivity index is 2.35. The van der Waals surface area contributed by atoms with Gasteiger partial charge in [0.1, 0.15) is 0 Å². The molecule has 0 unspecified atom stereocenters. The minimum Gasteiger partial charge on any atom is -0.296 e. The van der Waals surface area contributed by atoms with Crippen molar-refractivity contribution < 1.29 is 13.3 Å². The van der Waals surface area contributed by atoms with Crippen LogP contribution in [-0.2, 0) is 0 Å². The van der Waals surface area contributed by atoms with Gasteiger partial charge in [0.25, 0.3) is 6.43 Å². The van der Waals surface area contributed by atoms with E-state index in [0.29, 0.717) is 5.56 Å². The minimum absolute atomic E-state index is 0.0791. The molecule has 1 aromatic carbocycles. The van der Waals surface area contributed by atoms with E-state index in [9.17, 15) is 13.6 Å². The summed E-state index contributed by atoms with van der Waals surface area (Å²) in [6.45, 7) is 0. The second kappa shape index (κ2) is 3.64. The van der Waals surface area contributed by atoms with Gasteiger partial charge in [-0.2, -0.15) is 0 Å². The van der Waals surface area contributed by atoms with Crippen molar-refractivity contribution >= 4 is 0 Å². The Hall–Kier alpha value is -1.98. The first kappa shape index (κ1) is 9.57. The highest BCUT2D eigenvalue weighted by Gasteiger charge is 2.08. The van der Waals surface area contributed by atoms with Crippen molar-refractivity contribution in [3.63, 3.8) is 0 Å². The van der Waals surface area contributed by atoms with Gasteiger partial charge in [0.2, 0.25) is 0 Å². The van der Waals surface area contributed by atoms with Crippen molar-refractivity contribution in [1.82, 2.24) is 10.1 Å². The van der Waals surface area contributed by atoms with Gasteiger partial charge < -0.3 is 0 Å². The van der Waals surface area contributed by atoms with Crippen LogP contribution in [0.5, 0.6) is 0 Å². The summed E-state index contributed by atoms with van der Waals surface area (Å²) in [6, 6.07) is 5.42. The van der Waals surface area contributed by atoms with E-state index >= 15 is 0 Å². The average molecular weight is 212 g/mol. The monoisotopic (exact) mass is 212 g/mol. The van der Waals surface area contributed by atoms with Gasteiger partial charge in [-0.15, -0.1) is 0 Å². The average Bonchev–Trinajstić information content (AvgIpc) is 2.65. The third-order valence-electron chi connectivity index (χ3n) is 1.88. The van der Waals surface area contributed by atoms with Gasteiger partial charge in [-0.3, -0.25) is 9.51 Å². The molecule has 2 aromatic rings. The topological polar surface area (TPSA) is 58.9 Å². The second-order valence-electron chi connectivity index (χ2n) is 2.87. The lowest BCUT2D eigenvalue weighted by molar-refractivity contribution is 0.151. The molecular weight excluding hydrogens is 206 g/mol. The predicted molar refractivity (Wildman–Crippen MR) is 47.5 cm³/mol. The molecular formula is C9H6F2N2O2. The summed E-state index contributed by atoms with van der Waals surface area (Å²) in [6.07, 6.45) is -2.50. The van der Waals surface area contributed by atoms with Crippen molar-refractivity contribution in [1.29, 1.82) is 0 Å². The lowest BCUT2D eigenvalue weighted by atomic mass is 10.1. The van der Waals surface area contributed by atoms with Crippen LogP contribution in [0.4, 0.5) is 8.78 Å². The summed E-state index contributed by atoms with van der Waals surface area (Å²) in [5, 5.41) is 3.43. The number of nitrogens with zero attached hydrogens (tertiary/aromatic N) is 1. The summed E-state index contributed by atoms with van der Waals surface area (Å²) in [7, 11) is 0. The molecule has 0 saturated heterocycles. The molecule has 1 N–H and O–H groups in total. The van der Waals surface area contributed by atoms with E-state index in [0.717, 1.165) is 0 Å². The van der Waals surface area contributed by atoms with Crippen molar-refractivity contribution in [3.05, 3.63) is 40.4 Å². The largest absolute Gasteiger partial charge is 0.439 e. The number of rotatable bonds is 2. The van der Waals surface area contributed by atoms with Crippen LogP contribution in [-0.4, -0.2) is 10.1 Å². The molecule has 2 rings (SSSR count). The van der Waals surface area contributed by atoms with Crippen LogP contribution in [0.1, 0.15) is 12.0 Å². The molecule has 15 heavy (non-hydrogen) atoms. The standard InChI is InChI=1S/C9H6F2N2O2/c10-7(11)5-1-3-6(4-2-5)8-12-9(14)15-13-8/h1-4,7H,(H,12,13,14). The molecule has 1 aromatic heterocycles. The van der Waals surface area contributed by atoms with Gasteiger partial charge in [-0.1, -0.05) is 29.4 Å². The highest BCUT2D eigenvalue weighted by molar-refractivity contribution is 5.54. The maximum Gasteiger partial charge on any atom is 0.439 e. The van der Waals surface area contributed by atoms with E-state index in [4.69, 9.17) is 0 Å². The van der Waals surface area contributed by atoms with Gasteiger partial charge >= 0.3 is 5.76 Å². The van der Waals surface area contributed by atoms with E-state index in [1.54, 1.807) is 0 Å². The van der Waals surface area contributed by atoms with Crippen molar-refractivity contribution in [3.8, 4) is 11.4 Å². The molecule has 4 nitrogen and oxygen atoms in total. The summed E-state index contributed by atoms with van der Waals surface area (Å²) in [5.74, 6) is -0.455. The molecule has 0 aliphatic rings. The number of alkyl halides is 2. The molecule has 0 atom stereocenters. The molecule has 0 saturated carbocycles. The first-order chi connectivity index (χ1) is 7.16. The second-order valence-corrected chi connectivity index (χ2v) is 2.87. The van der Waals surface area contributed by atoms with Crippen LogP contribution < -0.4 is 5.76 Å². The smallest absolute Gasteiger partial charge is 0.296 e. The summed E-state index contributed by atoms with van der Waals surface area (Å²) in [4.78, 5) is 13.0. The van der Waals surface area contributed by atoms with Crippen LogP contribution in [0.2, 0.25) is 0 Å². The van der Waals surface area contributed by atoms with Crippen LogP contribution in [0.3, 0.4) is 0 Å². The Bertz CT molecular complexity index is 501. The molecule has 1 heterocycles. The number of hydrogen-bond donors (Lipinski definition) is 1. The quantitative estimate of drug-likeness (QED) is 0.827. The summed E-state index contributed by atoms with van der Waals surface area (Å²) in [5.41, 5.74) is 0.440. The fourth-order valence-electron chi connectivity index (χ4n) is 1.14.